The minimum Gasteiger partial charge on any atom is -0.480 e. The van der Waals surface area contributed by atoms with Crippen LogP contribution < -0.4 is 5.32 Å². The summed E-state index contributed by atoms with van der Waals surface area (Å²) >= 11 is 0. The van der Waals surface area contributed by atoms with Gasteiger partial charge in [0, 0.05) is 18.2 Å². The van der Waals surface area contributed by atoms with Crippen LogP contribution >= 0.6 is 0 Å². The third kappa shape index (κ3) is 4.75. The molecule has 1 heterocycles. The number of hydrogen-bond donors (Lipinski definition) is 3. The van der Waals surface area contributed by atoms with E-state index in [-0.39, 0.29) is 24.3 Å². The molecule has 1 aromatic rings. The van der Waals surface area contributed by atoms with Crippen molar-refractivity contribution in [3.05, 3.63) is 23.5 Å². The van der Waals surface area contributed by atoms with Crippen molar-refractivity contribution in [3.63, 3.8) is 0 Å². The van der Waals surface area contributed by atoms with Gasteiger partial charge in [-0.25, -0.2) is 4.79 Å². The number of amides is 1. The van der Waals surface area contributed by atoms with Crippen LogP contribution in [0.3, 0.4) is 0 Å². The van der Waals surface area contributed by atoms with Gasteiger partial charge in [0.05, 0.1) is 7.11 Å². The zero-order chi connectivity index (χ0) is 16.0. The van der Waals surface area contributed by atoms with E-state index < -0.39 is 23.9 Å². The molecule has 0 aliphatic heterocycles. The second-order valence-electron chi connectivity index (χ2n) is 4.34. The molecule has 1 atom stereocenters. The quantitative estimate of drug-likeness (QED) is 0.492. The van der Waals surface area contributed by atoms with E-state index >= 15 is 0 Å². The fourth-order valence-electron chi connectivity index (χ4n) is 1.59. The van der Waals surface area contributed by atoms with Crippen molar-refractivity contribution in [3.8, 4) is 0 Å². The number of Topliss-reactive ketones (excluding diaryl/α,β-unsaturated/α-hetero) is 1. The van der Waals surface area contributed by atoms with E-state index in [9.17, 15) is 19.2 Å². The van der Waals surface area contributed by atoms with E-state index in [4.69, 9.17) is 5.11 Å². The number of ether oxygens (including phenoxy) is 1. The smallest absolute Gasteiger partial charge is 0.326 e. The number of carbonyl (C=O) groups excluding carboxylic acids is 3. The number of nitrogens with one attached hydrogen (secondary N) is 2. The van der Waals surface area contributed by atoms with Crippen LogP contribution in [0.5, 0.6) is 0 Å². The van der Waals surface area contributed by atoms with Crippen LogP contribution in [0.2, 0.25) is 0 Å². The largest absolute Gasteiger partial charge is 0.480 e. The molecule has 1 amide bonds. The lowest BCUT2D eigenvalue weighted by atomic mass is 10.1. The Bertz CT molecular complexity index is 563. The Hall–Kier alpha value is -2.64. The highest BCUT2D eigenvalue weighted by molar-refractivity contribution is 6.00. The number of carbonyl (C=O) groups is 4. The normalized spacial score (nSPS) is 11.5. The maximum absolute atomic E-state index is 11.9. The Morgan fingerprint density at radius 3 is 2.52 bits per heavy atom. The highest BCUT2D eigenvalue weighted by Gasteiger charge is 2.22. The number of H-pyrrole nitrogens is 1. The lowest BCUT2D eigenvalue weighted by molar-refractivity contribution is -0.142. The van der Waals surface area contributed by atoms with Crippen molar-refractivity contribution < 1.29 is 29.0 Å². The number of carboxylic acids is 1. The number of aromatic amines is 1. The van der Waals surface area contributed by atoms with E-state index in [0.717, 1.165) is 0 Å². The van der Waals surface area contributed by atoms with Gasteiger partial charge in [-0.05, 0) is 19.4 Å². The van der Waals surface area contributed by atoms with Crippen molar-refractivity contribution in [2.45, 2.75) is 25.8 Å². The van der Waals surface area contributed by atoms with E-state index in [1.54, 1.807) is 0 Å². The molecule has 1 aromatic heterocycles. The molecule has 0 aromatic carbocycles. The first-order chi connectivity index (χ1) is 9.85. The number of aliphatic carboxylic acids is 1. The molecule has 114 valence electrons. The summed E-state index contributed by atoms with van der Waals surface area (Å²) in [6.07, 6.45) is 1.15. The van der Waals surface area contributed by atoms with Gasteiger partial charge >= 0.3 is 11.9 Å². The number of methoxy groups -OCH3 is 1. The molecular formula is C13H16N2O6. The van der Waals surface area contributed by atoms with Crippen molar-refractivity contribution >= 4 is 23.6 Å². The Kier molecular flexibility index (Phi) is 5.65. The number of rotatable bonds is 7. The molecule has 0 saturated heterocycles. The van der Waals surface area contributed by atoms with E-state index in [2.05, 4.69) is 15.0 Å². The summed E-state index contributed by atoms with van der Waals surface area (Å²) in [7, 11) is 1.19. The minimum atomic E-state index is -1.26. The van der Waals surface area contributed by atoms with E-state index in [1.807, 2.05) is 0 Å². The predicted molar refractivity (Wildman–Crippen MR) is 70.9 cm³/mol. The van der Waals surface area contributed by atoms with Gasteiger partial charge in [-0.1, -0.05) is 0 Å². The van der Waals surface area contributed by atoms with Crippen molar-refractivity contribution in [1.82, 2.24) is 10.3 Å². The van der Waals surface area contributed by atoms with Crippen LogP contribution in [0.15, 0.2) is 12.3 Å². The Morgan fingerprint density at radius 1 is 1.38 bits per heavy atom. The summed E-state index contributed by atoms with van der Waals surface area (Å²) < 4.78 is 4.41. The number of hydrogen-bond acceptors (Lipinski definition) is 5. The van der Waals surface area contributed by atoms with Gasteiger partial charge in [-0.2, -0.15) is 0 Å². The monoisotopic (exact) mass is 296 g/mol. The van der Waals surface area contributed by atoms with Gasteiger partial charge in [-0.15, -0.1) is 0 Å². The molecule has 8 nitrogen and oxygen atoms in total. The maximum atomic E-state index is 11.9. The summed E-state index contributed by atoms with van der Waals surface area (Å²) in [6.45, 7) is 1.35. The molecule has 3 N–H and O–H groups in total. The SMILES string of the molecule is COC(=O)CC[C@H](NC(=O)c1cc(C(C)=O)c[nH]1)C(=O)O. The average Bonchev–Trinajstić information content (AvgIpc) is 2.92. The van der Waals surface area contributed by atoms with Gasteiger partial charge in [0.1, 0.15) is 11.7 Å². The number of esters is 1. The summed E-state index contributed by atoms with van der Waals surface area (Å²) in [5.41, 5.74) is 0.395. The van der Waals surface area contributed by atoms with Gasteiger partial charge < -0.3 is 20.1 Å². The number of ketones is 1. The average molecular weight is 296 g/mol. The molecule has 0 aliphatic carbocycles. The minimum absolute atomic E-state index is 0.0736. The third-order valence-electron chi connectivity index (χ3n) is 2.80. The number of carboxylic acid groups (broad SMARTS) is 1. The predicted octanol–water partition coefficient (Wildman–Crippen LogP) is 0.353. The van der Waals surface area contributed by atoms with Crippen LogP contribution in [0, 0.1) is 0 Å². The van der Waals surface area contributed by atoms with Crippen molar-refractivity contribution in [2.24, 2.45) is 0 Å². The first-order valence-electron chi connectivity index (χ1n) is 6.15. The summed E-state index contributed by atoms with van der Waals surface area (Å²) in [5.74, 6) is -2.70. The van der Waals surface area contributed by atoms with Crippen LogP contribution in [-0.2, 0) is 14.3 Å². The van der Waals surface area contributed by atoms with E-state index in [1.165, 1.54) is 26.3 Å². The first kappa shape index (κ1) is 16.4. The Morgan fingerprint density at radius 2 is 2.05 bits per heavy atom. The molecule has 0 bridgehead atoms. The van der Waals surface area contributed by atoms with Crippen LogP contribution in [-0.4, -0.2) is 46.9 Å². The summed E-state index contributed by atoms with van der Waals surface area (Å²) in [5, 5.41) is 11.3. The van der Waals surface area contributed by atoms with Gasteiger partial charge in [0.15, 0.2) is 5.78 Å². The van der Waals surface area contributed by atoms with Gasteiger partial charge in [-0.3, -0.25) is 14.4 Å². The Labute approximate surface area is 120 Å². The Balaban J connectivity index is 2.69. The maximum Gasteiger partial charge on any atom is 0.326 e. The summed E-state index contributed by atoms with van der Waals surface area (Å²) in [4.78, 5) is 47.6. The molecule has 0 fully saturated rings. The highest BCUT2D eigenvalue weighted by Crippen LogP contribution is 2.06. The van der Waals surface area contributed by atoms with Crippen LogP contribution in [0.1, 0.15) is 40.6 Å². The second kappa shape index (κ2) is 7.22. The highest BCUT2D eigenvalue weighted by atomic mass is 16.5. The lowest BCUT2D eigenvalue weighted by Gasteiger charge is -2.13. The van der Waals surface area contributed by atoms with Crippen molar-refractivity contribution in [2.75, 3.05) is 7.11 Å². The summed E-state index contributed by atoms with van der Waals surface area (Å²) in [6, 6.07) is 0.109. The first-order valence-corrected chi connectivity index (χ1v) is 6.15. The fraction of sp³-hybridized carbons (Fsp3) is 0.385. The third-order valence-corrected chi connectivity index (χ3v) is 2.80. The standard InChI is InChI=1S/C13H16N2O6/c1-7(16)8-5-10(14-6-8)12(18)15-9(13(19)20)3-4-11(17)21-2/h5-6,9,14H,3-4H2,1-2H3,(H,15,18)(H,19,20)/t9-/m0/s1. The number of aromatic nitrogens is 1. The molecule has 0 radical (unpaired) electrons. The second-order valence-corrected chi connectivity index (χ2v) is 4.34. The molecule has 0 spiro atoms. The van der Waals surface area contributed by atoms with Crippen molar-refractivity contribution in [1.29, 1.82) is 0 Å². The fourth-order valence-corrected chi connectivity index (χ4v) is 1.59. The molecule has 0 aliphatic rings. The molecule has 21 heavy (non-hydrogen) atoms. The molecule has 8 heteroatoms. The van der Waals surface area contributed by atoms with E-state index in [0.29, 0.717) is 5.56 Å². The topological polar surface area (TPSA) is 126 Å². The molecule has 0 saturated carbocycles. The van der Waals surface area contributed by atoms with Gasteiger partial charge in [0.2, 0.25) is 0 Å². The van der Waals surface area contributed by atoms with Crippen LogP contribution in [0.4, 0.5) is 0 Å². The molecule has 0 unspecified atom stereocenters. The zero-order valence-corrected chi connectivity index (χ0v) is 11.6. The lowest BCUT2D eigenvalue weighted by Crippen LogP contribution is -2.41. The molecular weight excluding hydrogens is 280 g/mol. The van der Waals surface area contributed by atoms with Gasteiger partial charge in [0.25, 0.3) is 5.91 Å². The van der Waals surface area contributed by atoms with Crippen LogP contribution in [0.25, 0.3) is 0 Å². The zero-order valence-electron chi connectivity index (χ0n) is 11.6. The molecule has 1 rings (SSSR count).